The van der Waals surface area contributed by atoms with Gasteiger partial charge in [0.25, 0.3) is 0 Å². The van der Waals surface area contributed by atoms with Crippen molar-refractivity contribution in [2.24, 2.45) is 0 Å². The number of ether oxygens (including phenoxy) is 1. The summed E-state index contributed by atoms with van der Waals surface area (Å²) in [4.78, 5) is 0. The summed E-state index contributed by atoms with van der Waals surface area (Å²) in [5, 5.41) is 13.4. The average Bonchev–Trinajstić information content (AvgIpc) is 2.43. The summed E-state index contributed by atoms with van der Waals surface area (Å²) in [6.45, 7) is 6.07. The first-order chi connectivity index (χ1) is 9.51. The highest BCUT2D eigenvalue weighted by molar-refractivity contribution is 5.59. The van der Waals surface area contributed by atoms with Gasteiger partial charge in [-0.05, 0) is 44.5 Å². The first kappa shape index (κ1) is 14.3. The minimum Gasteiger partial charge on any atom is -0.508 e. The Hall–Kier alpha value is -2.16. The first-order valence-corrected chi connectivity index (χ1v) is 6.72. The van der Waals surface area contributed by atoms with Crippen LogP contribution >= 0.6 is 0 Å². The number of methoxy groups -OCH3 is 1. The van der Waals surface area contributed by atoms with Crippen molar-refractivity contribution in [2.45, 2.75) is 26.8 Å². The van der Waals surface area contributed by atoms with Crippen LogP contribution in [0, 0.1) is 13.8 Å². The van der Waals surface area contributed by atoms with Crippen molar-refractivity contribution >= 4 is 5.69 Å². The SMILES string of the molecule is COc1cc(C)ccc1NC(C)c1cc(C)ccc1O. The molecule has 0 saturated carbocycles. The first-order valence-electron chi connectivity index (χ1n) is 6.72. The van der Waals surface area contributed by atoms with E-state index in [1.54, 1.807) is 13.2 Å². The molecule has 1 atom stereocenters. The van der Waals surface area contributed by atoms with Gasteiger partial charge < -0.3 is 15.2 Å². The van der Waals surface area contributed by atoms with Crippen molar-refractivity contribution in [1.82, 2.24) is 0 Å². The lowest BCUT2D eigenvalue weighted by molar-refractivity contribution is 0.415. The van der Waals surface area contributed by atoms with E-state index < -0.39 is 0 Å². The Labute approximate surface area is 120 Å². The Morgan fingerprint density at radius 3 is 2.40 bits per heavy atom. The van der Waals surface area contributed by atoms with Gasteiger partial charge in [0.05, 0.1) is 18.8 Å². The van der Waals surface area contributed by atoms with Crippen LogP contribution in [0.1, 0.15) is 29.7 Å². The van der Waals surface area contributed by atoms with Crippen molar-refractivity contribution < 1.29 is 9.84 Å². The molecule has 2 aromatic carbocycles. The molecule has 0 radical (unpaired) electrons. The van der Waals surface area contributed by atoms with Crippen LogP contribution in [-0.2, 0) is 0 Å². The maximum absolute atomic E-state index is 9.98. The number of aromatic hydroxyl groups is 1. The molecule has 0 amide bonds. The maximum Gasteiger partial charge on any atom is 0.142 e. The van der Waals surface area contributed by atoms with Crippen molar-refractivity contribution in [3.05, 3.63) is 53.1 Å². The second kappa shape index (κ2) is 5.87. The molecule has 0 aliphatic carbocycles. The zero-order valence-electron chi connectivity index (χ0n) is 12.4. The van der Waals surface area contributed by atoms with E-state index in [1.165, 1.54) is 0 Å². The fraction of sp³-hybridized carbons (Fsp3) is 0.294. The van der Waals surface area contributed by atoms with Gasteiger partial charge >= 0.3 is 0 Å². The molecule has 2 aromatic rings. The van der Waals surface area contributed by atoms with Gasteiger partial charge in [-0.25, -0.2) is 0 Å². The predicted molar refractivity (Wildman–Crippen MR) is 82.6 cm³/mol. The summed E-state index contributed by atoms with van der Waals surface area (Å²) < 4.78 is 5.39. The Kier molecular flexibility index (Phi) is 4.18. The van der Waals surface area contributed by atoms with E-state index in [2.05, 4.69) is 5.32 Å². The number of rotatable bonds is 4. The quantitative estimate of drug-likeness (QED) is 0.876. The van der Waals surface area contributed by atoms with Crippen molar-refractivity contribution in [1.29, 1.82) is 0 Å². The van der Waals surface area contributed by atoms with Crippen LogP contribution in [0.15, 0.2) is 36.4 Å². The van der Waals surface area contributed by atoms with E-state index in [4.69, 9.17) is 4.74 Å². The Balaban J connectivity index is 2.27. The van der Waals surface area contributed by atoms with Crippen LogP contribution in [-0.4, -0.2) is 12.2 Å². The number of aryl methyl sites for hydroxylation is 2. The Bertz CT molecular complexity index is 608. The van der Waals surface area contributed by atoms with Gasteiger partial charge in [-0.3, -0.25) is 0 Å². The molecule has 3 heteroatoms. The number of phenolic OH excluding ortho intramolecular Hbond substituents is 1. The van der Waals surface area contributed by atoms with Gasteiger partial charge in [0.15, 0.2) is 0 Å². The third-order valence-electron chi connectivity index (χ3n) is 3.38. The normalized spacial score (nSPS) is 12.0. The second-order valence-electron chi connectivity index (χ2n) is 5.13. The largest absolute Gasteiger partial charge is 0.508 e. The van der Waals surface area contributed by atoms with E-state index in [0.29, 0.717) is 5.75 Å². The van der Waals surface area contributed by atoms with Crippen LogP contribution in [0.25, 0.3) is 0 Å². The van der Waals surface area contributed by atoms with E-state index in [9.17, 15) is 5.11 Å². The van der Waals surface area contributed by atoms with Gasteiger partial charge in [0.2, 0.25) is 0 Å². The molecular formula is C17H21NO2. The highest BCUT2D eigenvalue weighted by Gasteiger charge is 2.12. The molecule has 0 bridgehead atoms. The lowest BCUT2D eigenvalue weighted by atomic mass is 10.0. The van der Waals surface area contributed by atoms with Crippen LogP contribution < -0.4 is 10.1 Å². The fourth-order valence-corrected chi connectivity index (χ4v) is 2.25. The van der Waals surface area contributed by atoms with E-state index in [-0.39, 0.29) is 6.04 Å². The van der Waals surface area contributed by atoms with Gasteiger partial charge in [0.1, 0.15) is 11.5 Å². The lowest BCUT2D eigenvalue weighted by Gasteiger charge is -2.19. The minimum absolute atomic E-state index is 0.00786. The smallest absolute Gasteiger partial charge is 0.142 e. The van der Waals surface area contributed by atoms with Crippen LogP contribution in [0.4, 0.5) is 5.69 Å². The fourth-order valence-electron chi connectivity index (χ4n) is 2.25. The zero-order chi connectivity index (χ0) is 14.7. The Morgan fingerprint density at radius 2 is 1.70 bits per heavy atom. The van der Waals surface area contributed by atoms with Gasteiger partial charge in [-0.2, -0.15) is 0 Å². The summed E-state index contributed by atoms with van der Waals surface area (Å²) in [6.07, 6.45) is 0. The van der Waals surface area contributed by atoms with Crippen LogP contribution in [0.3, 0.4) is 0 Å². The molecule has 0 aliphatic heterocycles. The highest BCUT2D eigenvalue weighted by Crippen LogP contribution is 2.32. The standard InChI is InChI=1S/C17H21NO2/c1-11-6-8-16(19)14(9-11)13(3)18-15-7-5-12(2)10-17(15)20-4/h5-10,13,18-19H,1-4H3. The summed E-state index contributed by atoms with van der Waals surface area (Å²) >= 11 is 0. The molecule has 1 unspecified atom stereocenters. The van der Waals surface area contributed by atoms with Gasteiger partial charge in [0, 0.05) is 5.56 Å². The molecule has 0 aromatic heterocycles. The third kappa shape index (κ3) is 3.05. The summed E-state index contributed by atoms with van der Waals surface area (Å²) in [6, 6.07) is 11.6. The van der Waals surface area contributed by atoms with Crippen molar-refractivity contribution in [3.63, 3.8) is 0 Å². The van der Waals surface area contributed by atoms with E-state index >= 15 is 0 Å². The number of benzene rings is 2. The van der Waals surface area contributed by atoms with Crippen LogP contribution in [0.5, 0.6) is 11.5 Å². The number of anilines is 1. The topological polar surface area (TPSA) is 41.5 Å². The molecule has 0 heterocycles. The van der Waals surface area contributed by atoms with E-state index in [0.717, 1.165) is 28.1 Å². The van der Waals surface area contributed by atoms with Crippen molar-refractivity contribution in [3.8, 4) is 11.5 Å². The molecule has 2 rings (SSSR count). The monoisotopic (exact) mass is 271 g/mol. The summed E-state index contributed by atoms with van der Waals surface area (Å²) in [5.74, 6) is 1.12. The predicted octanol–water partition coefficient (Wildman–Crippen LogP) is 4.19. The molecule has 106 valence electrons. The molecule has 0 fully saturated rings. The van der Waals surface area contributed by atoms with Crippen LogP contribution in [0.2, 0.25) is 0 Å². The number of hydrogen-bond donors (Lipinski definition) is 2. The van der Waals surface area contributed by atoms with Gasteiger partial charge in [-0.15, -0.1) is 0 Å². The molecule has 0 saturated heterocycles. The molecule has 20 heavy (non-hydrogen) atoms. The summed E-state index contributed by atoms with van der Waals surface area (Å²) in [7, 11) is 1.66. The molecule has 0 aliphatic rings. The third-order valence-corrected chi connectivity index (χ3v) is 3.38. The molecular weight excluding hydrogens is 250 g/mol. The highest BCUT2D eigenvalue weighted by atomic mass is 16.5. The number of hydrogen-bond acceptors (Lipinski definition) is 3. The maximum atomic E-state index is 9.98. The lowest BCUT2D eigenvalue weighted by Crippen LogP contribution is -2.08. The average molecular weight is 271 g/mol. The second-order valence-corrected chi connectivity index (χ2v) is 5.13. The molecule has 2 N–H and O–H groups in total. The number of phenols is 1. The zero-order valence-corrected chi connectivity index (χ0v) is 12.4. The molecule has 3 nitrogen and oxygen atoms in total. The number of nitrogens with one attached hydrogen (secondary N) is 1. The Morgan fingerprint density at radius 1 is 1.05 bits per heavy atom. The van der Waals surface area contributed by atoms with Gasteiger partial charge in [-0.1, -0.05) is 23.8 Å². The minimum atomic E-state index is -0.00786. The molecule has 0 spiro atoms. The summed E-state index contributed by atoms with van der Waals surface area (Å²) in [5.41, 5.74) is 4.08. The van der Waals surface area contributed by atoms with Crippen molar-refractivity contribution in [2.75, 3.05) is 12.4 Å². The van der Waals surface area contributed by atoms with E-state index in [1.807, 2.05) is 51.1 Å².